The number of rotatable bonds is 3. The molecule has 0 saturated heterocycles. The summed E-state index contributed by atoms with van der Waals surface area (Å²) in [5.74, 6) is 0.352. The Labute approximate surface area is 79.4 Å². The van der Waals surface area contributed by atoms with Crippen molar-refractivity contribution in [3.05, 3.63) is 36.5 Å². The molecule has 0 unspecified atom stereocenters. The van der Waals surface area contributed by atoms with Crippen LogP contribution < -0.4 is 0 Å². The Kier molecular flexibility index (Phi) is 3.68. The van der Waals surface area contributed by atoms with E-state index < -0.39 is 17.3 Å². The second-order valence-corrected chi connectivity index (χ2v) is 8.28. The molecular weight excluding hydrogens is 331 g/mol. The van der Waals surface area contributed by atoms with E-state index in [-0.39, 0.29) is 0 Å². The Hall–Kier alpha value is -0.422. The van der Waals surface area contributed by atoms with Crippen molar-refractivity contribution < 1.29 is 22.1 Å². The fourth-order valence-electron chi connectivity index (χ4n) is 0.864. The average molecular weight is 344 g/mol. The van der Waals surface area contributed by atoms with Crippen LogP contribution in [0.1, 0.15) is 0 Å². The molecule has 2 heteroatoms. The molecule has 1 aliphatic carbocycles. The fraction of sp³-hybridized carbons (Fsp3) is 0.300. The van der Waals surface area contributed by atoms with Crippen LogP contribution >= 0.6 is 0 Å². The van der Waals surface area contributed by atoms with Gasteiger partial charge in [0, 0.05) is 0 Å². The van der Waals surface area contributed by atoms with Gasteiger partial charge in [-0.1, -0.05) is 0 Å². The molecule has 0 aromatic rings. The first-order valence-corrected chi connectivity index (χ1v) is 9.30. The molecule has 0 aromatic heterocycles. The molecule has 0 spiro atoms. The molecule has 0 aliphatic heterocycles. The van der Waals surface area contributed by atoms with Crippen LogP contribution in [-0.2, 0) is 22.1 Å². The van der Waals surface area contributed by atoms with E-state index in [9.17, 15) is 4.79 Å². The number of hydrogen-bond donors (Lipinski definition) is 0. The SMILES string of the molecule is [CH3][Pt]([CH3])[C](=O)C=CC1C=CC=C1. The van der Waals surface area contributed by atoms with Crippen LogP contribution in [0.15, 0.2) is 36.5 Å². The van der Waals surface area contributed by atoms with Crippen LogP contribution in [0.3, 0.4) is 0 Å². The van der Waals surface area contributed by atoms with Gasteiger partial charge in [0.1, 0.15) is 0 Å². The Morgan fingerprint density at radius 1 is 1.33 bits per heavy atom. The van der Waals surface area contributed by atoms with Crippen LogP contribution in [0.2, 0.25) is 10.6 Å². The summed E-state index contributed by atoms with van der Waals surface area (Å²) in [4.78, 5) is 11.2. The molecule has 0 aromatic carbocycles. The summed E-state index contributed by atoms with van der Waals surface area (Å²) in [5.41, 5.74) is 0. The van der Waals surface area contributed by atoms with Gasteiger partial charge in [-0.15, -0.1) is 0 Å². The quantitative estimate of drug-likeness (QED) is 0.719. The van der Waals surface area contributed by atoms with Crippen LogP contribution in [0.5, 0.6) is 0 Å². The Morgan fingerprint density at radius 3 is 2.42 bits per heavy atom. The molecule has 0 atom stereocenters. The van der Waals surface area contributed by atoms with E-state index in [1.165, 1.54) is 0 Å². The van der Waals surface area contributed by atoms with Gasteiger partial charge in [-0.05, 0) is 0 Å². The number of carbonyl (C=O) groups excluding carboxylic acids is 1. The summed E-state index contributed by atoms with van der Waals surface area (Å²) in [6, 6.07) is 0. The molecule has 0 saturated carbocycles. The van der Waals surface area contributed by atoms with Gasteiger partial charge in [-0.25, -0.2) is 0 Å². The Morgan fingerprint density at radius 2 is 1.92 bits per heavy atom. The molecular formula is C10H13OPt. The van der Waals surface area contributed by atoms with Gasteiger partial charge in [0.05, 0.1) is 0 Å². The molecule has 1 nitrogen and oxygen atoms in total. The molecule has 1 rings (SSSR count). The van der Waals surface area contributed by atoms with E-state index in [1.807, 2.05) is 18.2 Å². The third-order valence-electron chi connectivity index (χ3n) is 1.53. The molecule has 0 fully saturated rings. The van der Waals surface area contributed by atoms with Crippen molar-refractivity contribution in [3.8, 4) is 0 Å². The predicted octanol–water partition coefficient (Wildman–Crippen LogP) is 2.53. The van der Waals surface area contributed by atoms with Gasteiger partial charge in [0.25, 0.3) is 0 Å². The van der Waals surface area contributed by atoms with Crippen LogP contribution in [-0.4, -0.2) is 4.17 Å². The number of carbonyl (C=O) groups is 1. The maximum absolute atomic E-state index is 11.2. The van der Waals surface area contributed by atoms with Crippen molar-refractivity contribution in [2.24, 2.45) is 5.92 Å². The van der Waals surface area contributed by atoms with Crippen molar-refractivity contribution in [3.63, 3.8) is 0 Å². The van der Waals surface area contributed by atoms with Gasteiger partial charge in [-0.3, -0.25) is 0 Å². The standard InChI is InChI=1S/C8H7O.2CH3.Pt/c9-7-3-6-8-4-1-2-5-8;;;/h1-6,8H;2*1H3;. The molecule has 1 aliphatic rings. The Balaban J connectivity index is 2.44. The van der Waals surface area contributed by atoms with Crippen molar-refractivity contribution in [2.45, 2.75) is 10.6 Å². The molecule has 0 N–H and O–H groups in total. The molecule has 0 amide bonds. The van der Waals surface area contributed by atoms with Crippen molar-refractivity contribution in [1.29, 1.82) is 0 Å². The molecule has 69 valence electrons. The van der Waals surface area contributed by atoms with E-state index in [2.05, 4.69) is 22.8 Å². The second kappa shape index (κ2) is 4.57. The van der Waals surface area contributed by atoms with Crippen molar-refractivity contribution in [2.75, 3.05) is 0 Å². The molecule has 0 heterocycles. The third kappa shape index (κ3) is 2.90. The Bertz CT molecular complexity index is 237. The molecule has 0 bridgehead atoms. The monoisotopic (exact) mass is 344 g/mol. The van der Waals surface area contributed by atoms with Crippen molar-refractivity contribution in [1.82, 2.24) is 0 Å². The first kappa shape index (κ1) is 9.66. The van der Waals surface area contributed by atoms with Gasteiger partial charge in [-0.2, -0.15) is 0 Å². The summed E-state index contributed by atoms with van der Waals surface area (Å²) in [5, 5.41) is 4.13. The van der Waals surface area contributed by atoms with Gasteiger partial charge in [0.2, 0.25) is 0 Å². The topological polar surface area (TPSA) is 17.1 Å². The number of hydrogen-bond acceptors (Lipinski definition) is 1. The van der Waals surface area contributed by atoms with E-state index in [0.29, 0.717) is 10.1 Å². The first-order chi connectivity index (χ1) is 5.70. The van der Waals surface area contributed by atoms with E-state index in [4.69, 9.17) is 0 Å². The summed E-state index contributed by atoms with van der Waals surface area (Å²) in [6.07, 6.45) is 11.9. The van der Waals surface area contributed by atoms with Gasteiger partial charge in [0.15, 0.2) is 0 Å². The normalized spacial score (nSPS) is 17.7. The zero-order valence-electron chi connectivity index (χ0n) is 7.27. The predicted molar refractivity (Wildman–Crippen MR) is 47.6 cm³/mol. The van der Waals surface area contributed by atoms with Crippen LogP contribution in [0, 0.1) is 5.92 Å². The van der Waals surface area contributed by atoms with E-state index >= 15 is 0 Å². The summed E-state index contributed by atoms with van der Waals surface area (Å²) >= 11 is -1.26. The summed E-state index contributed by atoms with van der Waals surface area (Å²) in [7, 11) is 0. The molecule has 12 heavy (non-hydrogen) atoms. The summed E-state index contributed by atoms with van der Waals surface area (Å²) < 4.78 is 0.355. The fourth-order valence-corrected chi connectivity index (χ4v) is 1.84. The van der Waals surface area contributed by atoms with E-state index in [0.717, 1.165) is 0 Å². The summed E-state index contributed by atoms with van der Waals surface area (Å²) in [6.45, 7) is 0. The molecule has 0 radical (unpaired) electrons. The second-order valence-electron chi connectivity index (χ2n) is 2.61. The van der Waals surface area contributed by atoms with Crippen LogP contribution in [0.4, 0.5) is 0 Å². The first-order valence-electron chi connectivity index (χ1n) is 3.62. The third-order valence-corrected chi connectivity index (χ3v) is 4.15. The van der Waals surface area contributed by atoms with Gasteiger partial charge < -0.3 is 0 Å². The minimum atomic E-state index is -1.26. The minimum absolute atomic E-state index is 0.352. The average Bonchev–Trinajstić information content (AvgIpc) is 2.51. The van der Waals surface area contributed by atoms with Crippen LogP contribution in [0.25, 0.3) is 0 Å². The van der Waals surface area contributed by atoms with E-state index in [1.54, 1.807) is 6.08 Å². The van der Waals surface area contributed by atoms with Crippen molar-refractivity contribution >= 4 is 4.17 Å². The zero-order valence-corrected chi connectivity index (χ0v) is 9.54. The van der Waals surface area contributed by atoms with Gasteiger partial charge >= 0.3 is 79.3 Å². The zero-order chi connectivity index (χ0) is 8.97. The number of allylic oxidation sites excluding steroid dienone is 6. The maximum atomic E-state index is 11.2.